The second-order valence-corrected chi connectivity index (χ2v) is 9.33. The van der Waals surface area contributed by atoms with Gasteiger partial charge in [0, 0.05) is 27.5 Å². The van der Waals surface area contributed by atoms with Crippen molar-refractivity contribution in [2.45, 2.75) is 20.0 Å². The van der Waals surface area contributed by atoms with E-state index in [-0.39, 0.29) is 41.0 Å². The predicted octanol–water partition coefficient (Wildman–Crippen LogP) is 5.47. The Hall–Kier alpha value is -3.96. The van der Waals surface area contributed by atoms with Gasteiger partial charge in [-0.2, -0.15) is 9.78 Å². The number of nitro benzene ring substituents is 1. The Morgan fingerprint density at radius 2 is 2.03 bits per heavy atom. The van der Waals surface area contributed by atoms with Crippen molar-refractivity contribution in [2.75, 3.05) is 6.79 Å². The average Bonchev–Trinajstić information content (AvgIpc) is 3.35. The molecule has 3 aromatic carbocycles. The van der Waals surface area contributed by atoms with E-state index in [1.807, 2.05) is 6.92 Å². The first-order chi connectivity index (χ1) is 17.8. The Morgan fingerprint density at radius 3 is 2.81 bits per heavy atom. The lowest BCUT2D eigenvalue weighted by Crippen LogP contribution is -2.22. The van der Waals surface area contributed by atoms with Crippen LogP contribution in [0.25, 0.3) is 10.9 Å². The fourth-order valence-corrected chi connectivity index (χ4v) is 4.42. The molecule has 0 bridgehead atoms. The van der Waals surface area contributed by atoms with Crippen LogP contribution < -0.4 is 19.8 Å². The second-order valence-electron chi connectivity index (χ2n) is 7.98. The molecule has 37 heavy (non-hydrogen) atoms. The summed E-state index contributed by atoms with van der Waals surface area (Å²) in [5, 5.41) is 16.6. The summed E-state index contributed by atoms with van der Waals surface area (Å²) in [5.41, 5.74) is 0.771. The number of ether oxygens (including phenoxy) is 3. The number of benzene rings is 3. The summed E-state index contributed by atoms with van der Waals surface area (Å²) in [6.07, 6.45) is 1.74. The number of fused-ring (bicyclic) bond motifs is 2. The van der Waals surface area contributed by atoms with Gasteiger partial charge in [0.15, 0.2) is 11.5 Å². The molecule has 0 saturated heterocycles. The molecule has 12 heteroatoms. The summed E-state index contributed by atoms with van der Waals surface area (Å²) >= 11 is 9.55. The Bertz CT molecular complexity index is 1640. The number of nitro groups is 1. The molecule has 1 aromatic heterocycles. The normalized spacial score (nSPS) is 12.4. The minimum atomic E-state index is -0.586. The number of nitrogens with zero attached hydrogens (tertiary/aromatic N) is 4. The molecule has 0 radical (unpaired) electrons. The number of halogens is 2. The molecule has 5 rings (SSSR count). The number of aryl methyl sites for hydroxylation is 1. The molecule has 0 atom stereocenters. The van der Waals surface area contributed by atoms with Gasteiger partial charge in [-0.05, 0) is 42.0 Å². The van der Waals surface area contributed by atoms with Crippen molar-refractivity contribution in [3.05, 3.63) is 95.4 Å². The Labute approximate surface area is 223 Å². The van der Waals surface area contributed by atoms with Crippen LogP contribution in [-0.2, 0) is 13.0 Å². The van der Waals surface area contributed by atoms with Crippen molar-refractivity contribution in [3.63, 3.8) is 0 Å². The van der Waals surface area contributed by atoms with Crippen LogP contribution in [0.5, 0.6) is 17.2 Å². The third-order valence-corrected chi connectivity index (χ3v) is 6.30. The van der Waals surface area contributed by atoms with Crippen molar-refractivity contribution < 1.29 is 19.1 Å². The fraction of sp³-hybridized carbons (Fsp3) is 0.160. The van der Waals surface area contributed by atoms with Crippen LogP contribution in [0, 0.1) is 10.1 Å². The lowest BCUT2D eigenvalue weighted by molar-refractivity contribution is -0.385. The van der Waals surface area contributed by atoms with Crippen molar-refractivity contribution >= 4 is 50.3 Å². The first-order valence-corrected chi connectivity index (χ1v) is 12.3. The van der Waals surface area contributed by atoms with Gasteiger partial charge in [0.1, 0.15) is 12.4 Å². The van der Waals surface area contributed by atoms with Gasteiger partial charge in [-0.1, -0.05) is 40.5 Å². The Balaban J connectivity index is 1.55. The van der Waals surface area contributed by atoms with Crippen LogP contribution in [0.1, 0.15) is 23.9 Å². The molecular formula is C25H18BrClN4O6. The van der Waals surface area contributed by atoms with Crippen LogP contribution in [0.15, 0.2) is 62.9 Å². The highest BCUT2D eigenvalue weighted by atomic mass is 79.9. The van der Waals surface area contributed by atoms with Gasteiger partial charge >= 0.3 is 5.69 Å². The van der Waals surface area contributed by atoms with Crippen molar-refractivity contribution in [1.82, 2.24) is 9.66 Å². The maximum absolute atomic E-state index is 13.2. The smallest absolute Gasteiger partial charge is 0.313 e. The van der Waals surface area contributed by atoms with E-state index in [1.165, 1.54) is 23.0 Å². The SMILES string of the molecule is CCc1nc2ccc(Br)cc2c(=O)n1N=Cc1cc(Cl)cc([N+](=O)[O-])c1OCc1ccc2c(c1)OCO2. The molecule has 1 aliphatic rings. The summed E-state index contributed by atoms with van der Waals surface area (Å²) in [6.45, 7) is 1.98. The summed E-state index contributed by atoms with van der Waals surface area (Å²) < 4.78 is 18.5. The summed E-state index contributed by atoms with van der Waals surface area (Å²) in [6, 6.07) is 13.1. The molecular weight excluding hydrogens is 568 g/mol. The zero-order valence-corrected chi connectivity index (χ0v) is 21.7. The monoisotopic (exact) mass is 584 g/mol. The number of hydrogen-bond donors (Lipinski definition) is 0. The zero-order chi connectivity index (χ0) is 26.1. The zero-order valence-electron chi connectivity index (χ0n) is 19.3. The standard InChI is InChI=1S/C25H18BrClN4O6/c1-2-23-29-19-5-4-16(26)9-18(19)25(32)30(23)28-11-15-8-17(27)10-20(31(33)34)24(15)35-12-14-3-6-21-22(7-14)37-13-36-21/h3-11H,2,12-13H2,1H3. The summed E-state index contributed by atoms with van der Waals surface area (Å²) in [4.78, 5) is 29.0. The van der Waals surface area contributed by atoms with Gasteiger partial charge in [0.2, 0.25) is 12.5 Å². The quantitative estimate of drug-likeness (QED) is 0.160. The number of aromatic nitrogens is 2. The van der Waals surface area contributed by atoms with Crippen molar-refractivity contribution in [3.8, 4) is 17.2 Å². The van der Waals surface area contributed by atoms with Gasteiger partial charge in [0.25, 0.3) is 5.56 Å². The molecule has 0 unspecified atom stereocenters. The molecule has 188 valence electrons. The van der Waals surface area contributed by atoms with E-state index < -0.39 is 4.92 Å². The molecule has 0 saturated carbocycles. The van der Waals surface area contributed by atoms with Gasteiger partial charge in [-0.25, -0.2) is 4.98 Å². The predicted molar refractivity (Wildman–Crippen MR) is 141 cm³/mol. The van der Waals surface area contributed by atoms with Gasteiger partial charge < -0.3 is 14.2 Å². The molecule has 0 spiro atoms. The van der Waals surface area contributed by atoms with Crippen LogP contribution in [0.3, 0.4) is 0 Å². The summed E-state index contributed by atoms with van der Waals surface area (Å²) in [5.74, 6) is 1.56. The minimum Gasteiger partial charge on any atom is -0.481 e. The first kappa shape index (κ1) is 24.7. The highest BCUT2D eigenvalue weighted by Crippen LogP contribution is 2.36. The van der Waals surface area contributed by atoms with E-state index in [4.69, 9.17) is 25.8 Å². The molecule has 1 aliphatic heterocycles. The van der Waals surface area contributed by atoms with Crippen LogP contribution in [0.4, 0.5) is 5.69 Å². The maximum Gasteiger partial charge on any atom is 0.313 e. The maximum atomic E-state index is 13.2. The Kier molecular flexibility index (Phi) is 6.81. The molecule has 0 N–H and O–H groups in total. The van der Waals surface area contributed by atoms with E-state index in [0.29, 0.717) is 40.2 Å². The molecule has 4 aromatic rings. The lowest BCUT2D eigenvalue weighted by atomic mass is 10.1. The Morgan fingerprint density at radius 1 is 1.22 bits per heavy atom. The highest BCUT2D eigenvalue weighted by molar-refractivity contribution is 9.10. The van der Waals surface area contributed by atoms with E-state index in [9.17, 15) is 14.9 Å². The second kappa shape index (κ2) is 10.2. The number of rotatable bonds is 7. The third kappa shape index (κ3) is 5.00. The average molecular weight is 586 g/mol. The minimum absolute atomic E-state index is 0.00562. The van der Waals surface area contributed by atoms with Gasteiger partial charge in [-0.3, -0.25) is 14.9 Å². The molecule has 0 amide bonds. The largest absolute Gasteiger partial charge is 0.481 e. The molecule has 10 nitrogen and oxygen atoms in total. The number of hydrogen-bond acceptors (Lipinski definition) is 8. The highest BCUT2D eigenvalue weighted by Gasteiger charge is 2.22. The van der Waals surface area contributed by atoms with Crippen LogP contribution in [0.2, 0.25) is 5.02 Å². The van der Waals surface area contributed by atoms with E-state index in [2.05, 4.69) is 26.0 Å². The van der Waals surface area contributed by atoms with Gasteiger partial charge in [-0.15, -0.1) is 0 Å². The third-order valence-electron chi connectivity index (χ3n) is 5.58. The van der Waals surface area contributed by atoms with Crippen molar-refractivity contribution in [2.24, 2.45) is 5.10 Å². The van der Waals surface area contributed by atoms with Crippen LogP contribution >= 0.6 is 27.5 Å². The first-order valence-electron chi connectivity index (χ1n) is 11.1. The van der Waals surface area contributed by atoms with E-state index in [0.717, 1.165) is 4.47 Å². The molecule has 0 fully saturated rings. The topological polar surface area (TPSA) is 118 Å². The van der Waals surface area contributed by atoms with Crippen molar-refractivity contribution in [1.29, 1.82) is 0 Å². The lowest BCUT2D eigenvalue weighted by Gasteiger charge is -2.11. The summed E-state index contributed by atoms with van der Waals surface area (Å²) in [7, 11) is 0. The fourth-order valence-electron chi connectivity index (χ4n) is 3.84. The molecule has 2 heterocycles. The van der Waals surface area contributed by atoms with Gasteiger partial charge in [0.05, 0.1) is 22.0 Å². The van der Waals surface area contributed by atoms with Crippen LogP contribution in [-0.4, -0.2) is 27.6 Å². The van der Waals surface area contributed by atoms with E-state index >= 15 is 0 Å². The molecule has 0 aliphatic carbocycles. The van der Waals surface area contributed by atoms with E-state index in [1.54, 1.807) is 36.4 Å².